The van der Waals surface area contributed by atoms with Crippen molar-refractivity contribution in [2.75, 3.05) is 13.2 Å². The largest absolute Gasteiger partial charge is 0.502 e. The smallest absolute Gasteiger partial charge is 0.260 e. The molecule has 2 aromatic rings. The SMILES string of the molecule is Cc1nc(C)c(O)c(OCCOc2nc(C)nc(C)c2O)n1. The molecule has 0 aromatic carbocycles. The first-order valence-corrected chi connectivity index (χ1v) is 6.72. The fraction of sp³-hybridized carbons (Fsp3) is 0.429. The molecule has 22 heavy (non-hydrogen) atoms. The molecule has 0 bridgehead atoms. The molecule has 0 radical (unpaired) electrons. The summed E-state index contributed by atoms with van der Waals surface area (Å²) >= 11 is 0. The summed E-state index contributed by atoms with van der Waals surface area (Å²) in [5, 5.41) is 19.6. The highest BCUT2D eigenvalue weighted by atomic mass is 16.5. The Morgan fingerprint density at radius 2 is 1.05 bits per heavy atom. The molecule has 2 N–H and O–H groups in total. The molecule has 0 aliphatic carbocycles. The second-order valence-corrected chi connectivity index (χ2v) is 4.72. The highest BCUT2D eigenvalue weighted by Crippen LogP contribution is 2.27. The van der Waals surface area contributed by atoms with Crippen LogP contribution in [-0.2, 0) is 0 Å². The van der Waals surface area contributed by atoms with Gasteiger partial charge in [-0.25, -0.2) is 9.97 Å². The van der Waals surface area contributed by atoms with Gasteiger partial charge in [-0.15, -0.1) is 0 Å². The summed E-state index contributed by atoms with van der Waals surface area (Å²) in [4.78, 5) is 16.1. The molecule has 2 heterocycles. The van der Waals surface area contributed by atoms with Crippen LogP contribution in [0.25, 0.3) is 0 Å². The van der Waals surface area contributed by atoms with Gasteiger partial charge in [-0.05, 0) is 27.7 Å². The average molecular weight is 306 g/mol. The normalized spacial score (nSPS) is 10.5. The first-order valence-electron chi connectivity index (χ1n) is 6.72. The maximum Gasteiger partial charge on any atom is 0.260 e. The van der Waals surface area contributed by atoms with Crippen LogP contribution in [0.3, 0.4) is 0 Å². The number of nitrogens with zero attached hydrogens (tertiary/aromatic N) is 4. The predicted octanol–water partition coefficient (Wildman–Crippen LogP) is 1.37. The molecule has 118 valence electrons. The number of aryl methyl sites for hydroxylation is 4. The van der Waals surface area contributed by atoms with Crippen LogP contribution in [0.15, 0.2) is 0 Å². The van der Waals surface area contributed by atoms with Gasteiger partial charge < -0.3 is 19.7 Å². The summed E-state index contributed by atoms with van der Waals surface area (Å²) < 4.78 is 10.7. The van der Waals surface area contributed by atoms with Crippen molar-refractivity contribution in [2.45, 2.75) is 27.7 Å². The van der Waals surface area contributed by atoms with Crippen LogP contribution < -0.4 is 9.47 Å². The Bertz CT molecular complexity index is 632. The molecule has 0 unspecified atom stereocenters. The van der Waals surface area contributed by atoms with Gasteiger partial charge in [-0.3, -0.25) is 0 Å². The van der Waals surface area contributed by atoms with Crippen molar-refractivity contribution >= 4 is 0 Å². The zero-order chi connectivity index (χ0) is 16.3. The Morgan fingerprint density at radius 1 is 0.682 bits per heavy atom. The Balaban J connectivity index is 1.96. The van der Waals surface area contributed by atoms with E-state index in [4.69, 9.17) is 9.47 Å². The van der Waals surface area contributed by atoms with Crippen molar-refractivity contribution in [3.8, 4) is 23.3 Å². The van der Waals surface area contributed by atoms with E-state index in [2.05, 4.69) is 19.9 Å². The van der Waals surface area contributed by atoms with E-state index in [1.54, 1.807) is 27.7 Å². The fourth-order valence-corrected chi connectivity index (χ4v) is 1.83. The lowest BCUT2D eigenvalue weighted by molar-refractivity contribution is 0.195. The van der Waals surface area contributed by atoms with Gasteiger partial charge in [0.1, 0.15) is 24.9 Å². The lowest BCUT2D eigenvalue weighted by atomic mass is 10.4. The number of aromatic nitrogens is 4. The van der Waals surface area contributed by atoms with E-state index in [1.807, 2.05) is 0 Å². The van der Waals surface area contributed by atoms with E-state index in [1.165, 1.54) is 0 Å². The number of aromatic hydroxyl groups is 2. The number of hydrogen-bond acceptors (Lipinski definition) is 8. The van der Waals surface area contributed by atoms with E-state index < -0.39 is 0 Å². The monoisotopic (exact) mass is 306 g/mol. The lowest BCUT2D eigenvalue weighted by Crippen LogP contribution is -2.12. The Kier molecular flexibility index (Phi) is 4.59. The molecular formula is C14H18N4O4. The van der Waals surface area contributed by atoms with Crippen molar-refractivity contribution in [3.63, 3.8) is 0 Å². The summed E-state index contributed by atoms with van der Waals surface area (Å²) in [5.74, 6) is 1.03. The van der Waals surface area contributed by atoms with Gasteiger partial charge in [-0.1, -0.05) is 0 Å². The van der Waals surface area contributed by atoms with Gasteiger partial charge in [0, 0.05) is 0 Å². The minimum atomic E-state index is -0.0952. The topological polar surface area (TPSA) is 110 Å². The molecule has 2 rings (SSSR count). The van der Waals surface area contributed by atoms with Crippen molar-refractivity contribution in [1.82, 2.24) is 19.9 Å². The van der Waals surface area contributed by atoms with Gasteiger partial charge in [-0.2, -0.15) is 9.97 Å². The fourth-order valence-electron chi connectivity index (χ4n) is 1.83. The summed E-state index contributed by atoms with van der Waals surface area (Å²) in [7, 11) is 0. The third kappa shape index (κ3) is 3.51. The molecule has 0 amide bonds. The Hall–Kier alpha value is -2.64. The van der Waals surface area contributed by atoms with Crippen LogP contribution in [0.2, 0.25) is 0 Å². The van der Waals surface area contributed by atoms with Crippen molar-refractivity contribution in [2.24, 2.45) is 0 Å². The van der Waals surface area contributed by atoms with E-state index in [0.717, 1.165) is 0 Å². The summed E-state index contributed by atoms with van der Waals surface area (Å²) in [5.41, 5.74) is 0.895. The van der Waals surface area contributed by atoms with Crippen LogP contribution in [0.1, 0.15) is 23.0 Å². The highest BCUT2D eigenvalue weighted by Gasteiger charge is 2.12. The minimum Gasteiger partial charge on any atom is -0.502 e. The first-order chi connectivity index (χ1) is 10.4. The molecule has 0 aliphatic rings. The van der Waals surface area contributed by atoms with Crippen molar-refractivity contribution in [1.29, 1.82) is 0 Å². The average Bonchev–Trinajstić information content (AvgIpc) is 2.44. The van der Waals surface area contributed by atoms with E-state index in [-0.39, 0.29) is 36.5 Å². The van der Waals surface area contributed by atoms with Gasteiger partial charge in [0.15, 0.2) is 11.5 Å². The third-order valence-corrected chi connectivity index (χ3v) is 2.84. The third-order valence-electron chi connectivity index (χ3n) is 2.84. The van der Waals surface area contributed by atoms with Crippen LogP contribution in [0.5, 0.6) is 23.3 Å². The van der Waals surface area contributed by atoms with E-state index in [9.17, 15) is 10.2 Å². The van der Waals surface area contributed by atoms with Gasteiger partial charge in [0.2, 0.25) is 0 Å². The molecule has 0 fully saturated rings. The minimum absolute atomic E-state index is 0.0952. The molecule has 0 aliphatic heterocycles. The molecule has 0 saturated carbocycles. The molecule has 0 saturated heterocycles. The van der Waals surface area contributed by atoms with Crippen LogP contribution in [-0.4, -0.2) is 43.4 Å². The maximum atomic E-state index is 9.80. The molecule has 2 aromatic heterocycles. The quantitative estimate of drug-likeness (QED) is 0.797. The van der Waals surface area contributed by atoms with Crippen LogP contribution in [0, 0.1) is 27.7 Å². The van der Waals surface area contributed by atoms with Gasteiger partial charge in [0.05, 0.1) is 11.4 Å². The molecule has 0 spiro atoms. The Labute approximate surface area is 127 Å². The molecule has 8 heteroatoms. The van der Waals surface area contributed by atoms with E-state index >= 15 is 0 Å². The standard InChI is InChI=1S/C14H18N4O4/c1-7-11(19)13(17-9(3)15-7)21-5-6-22-14-12(20)8(2)16-10(4)18-14/h19-20H,5-6H2,1-4H3. The molecular weight excluding hydrogens is 288 g/mol. The highest BCUT2D eigenvalue weighted by molar-refractivity contribution is 5.36. The Morgan fingerprint density at radius 3 is 1.41 bits per heavy atom. The maximum absolute atomic E-state index is 9.80. The second kappa shape index (κ2) is 6.42. The molecule has 0 atom stereocenters. The van der Waals surface area contributed by atoms with Gasteiger partial charge in [0.25, 0.3) is 11.8 Å². The first kappa shape index (κ1) is 15.7. The lowest BCUT2D eigenvalue weighted by Gasteiger charge is -2.11. The van der Waals surface area contributed by atoms with Crippen molar-refractivity contribution in [3.05, 3.63) is 23.0 Å². The van der Waals surface area contributed by atoms with E-state index in [0.29, 0.717) is 23.0 Å². The summed E-state index contributed by atoms with van der Waals surface area (Å²) in [6, 6.07) is 0. The zero-order valence-electron chi connectivity index (χ0n) is 12.9. The number of hydrogen-bond donors (Lipinski definition) is 2. The number of rotatable bonds is 5. The van der Waals surface area contributed by atoms with Crippen LogP contribution in [0.4, 0.5) is 0 Å². The summed E-state index contributed by atoms with van der Waals surface area (Å²) in [6.45, 7) is 7.01. The summed E-state index contributed by atoms with van der Waals surface area (Å²) in [6.07, 6.45) is 0. The predicted molar refractivity (Wildman–Crippen MR) is 77.3 cm³/mol. The number of ether oxygens (including phenoxy) is 2. The van der Waals surface area contributed by atoms with Gasteiger partial charge >= 0.3 is 0 Å². The zero-order valence-corrected chi connectivity index (χ0v) is 12.9. The van der Waals surface area contributed by atoms with Crippen LogP contribution >= 0.6 is 0 Å². The van der Waals surface area contributed by atoms with Crippen molar-refractivity contribution < 1.29 is 19.7 Å². The second-order valence-electron chi connectivity index (χ2n) is 4.72. The molecule has 8 nitrogen and oxygen atoms in total.